The molecule has 1 unspecified atom stereocenters. The number of carbonyl (C=O) groups excluding carboxylic acids is 1. The van der Waals surface area contributed by atoms with E-state index in [0.29, 0.717) is 19.5 Å². The number of likely N-dealkylation sites (tertiary alicyclic amines) is 1. The molecule has 1 fully saturated rings. The highest BCUT2D eigenvalue weighted by molar-refractivity contribution is 5.77. The van der Waals surface area contributed by atoms with Crippen LogP contribution in [-0.4, -0.2) is 44.6 Å². The van der Waals surface area contributed by atoms with Gasteiger partial charge in [-0.3, -0.25) is 4.79 Å². The summed E-state index contributed by atoms with van der Waals surface area (Å²) in [5, 5.41) is 11.6. The first-order valence-corrected chi connectivity index (χ1v) is 5.79. The summed E-state index contributed by atoms with van der Waals surface area (Å²) in [5.41, 5.74) is 0. The molecule has 7 nitrogen and oxygen atoms in total. The average Bonchev–Trinajstić information content (AvgIpc) is 2.94. The third kappa shape index (κ3) is 2.61. The molecule has 2 rings (SSSR count). The molecule has 98 valence electrons. The van der Waals surface area contributed by atoms with E-state index in [1.54, 1.807) is 12.4 Å². The van der Waals surface area contributed by atoms with E-state index in [4.69, 9.17) is 5.11 Å². The zero-order valence-electron chi connectivity index (χ0n) is 10.2. The fourth-order valence-electron chi connectivity index (χ4n) is 1.98. The molecule has 1 saturated heterocycles. The molecular formula is C11H16N4O3. The first-order valence-electron chi connectivity index (χ1n) is 5.79. The van der Waals surface area contributed by atoms with Crippen molar-refractivity contribution in [3.8, 4) is 0 Å². The van der Waals surface area contributed by atoms with Crippen LogP contribution in [0.25, 0.3) is 0 Å². The monoisotopic (exact) mass is 252 g/mol. The molecule has 1 aromatic rings. The predicted octanol–water partition coefficient (Wildman–Crippen LogP) is 0.0362. The molecule has 0 saturated carbocycles. The summed E-state index contributed by atoms with van der Waals surface area (Å²) in [6, 6.07) is -0.234. The van der Waals surface area contributed by atoms with Crippen molar-refractivity contribution < 1.29 is 14.7 Å². The number of carboxylic acids is 1. The number of nitrogens with one attached hydrogen (secondary N) is 1. The van der Waals surface area contributed by atoms with Crippen molar-refractivity contribution in [1.82, 2.24) is 19.8 Å². The van der Waals surface area contributed by atoms with Gasteiger partial charge in [-0.15, -0.1) is 0 Å². The normalized spacial score (nSPS) is 18.9. The summed E-state index contributed by atoms with van der Waals surface area (Å²) >= 11 is 0. The largest absolute Gasteiger partial charge is 0.481 e. The Morgan fingerprint density at radius 2 is 2.39 bits per heavy atom. The molecule has 1 aromatic heterocycles. The van der Waals surface area contributed by atoms with Crippen molar-refractivity contribution in [3.63, 3.8) is 0 Å². The standard InChI is InChI=1S/C11H16N4O3/c1-14-5-3-12-9(14)6-13-11(18)15-4-2-8(7-15)10(16)17/h3,5,8H,2,4,6-7H2,1H3,(H,13,18)(H,16,17). The number of aryl methyl sites for hydroxylation is 1. The number of aliphatic carboxylic acids is 1. The van der Waals surface area contributed by atoms with Crippen molar-refractivity contribution >= 4 is 12.0 Å². The average molecular weight is 252 g/mol. The van der Waals surface area contributed by atoms with Crippen LogP contribution in [0, 0.1) is 5.92 Å². The molecule has 2 N–H and O–H groups in total. The van der Waals surface area contributed by atoms with E-state index >= 15 is 0 Å². The fourth-order valence-corrected chi connectivity index (χ4v) is 1.98. The molecule has 7 heteroatoms. The Morgan fingerprint density at radius 1 is 1.61 bits per heavy atom. The summed E-state index contributed by atoms with van der Waals surface area (Å²) in [5.74, 6) is -0.518. The maximum Gasteiger partial charge on any atom is 0.317 e. The molecule has 1 aliphatic rings. The van der Waals surface area contributed by atoms with Gasteiger partial charge < -0.3 is 19.9 Å². The molecule has 18 heavy (non-hydrogen) atoms. The van der Waals surface area contributed by atoms with E-state index in [9.17, 15) is 9.59 Å². The van der Waals surface area contributed by atoms with E-state index in [-0.39, 0.29) is 12.6 Å². The van der Waals surface area contributed by atoms with Crippen molar-refractivity contribution in [2.24, 2.45) is 13.0 Å². The maximum absolute atomic E-state index is 11.8. The predicted molar refractivity (Wildman–Crippen MR) is 62.8 cm³/mol. The number of imidazole rings is 1. The lowest BCUT2D eigenvalue weighted by atomic mass is 10.1. The van der Waals surface area contributed by atoms with E-state index in [1.807, 2.05) is 11.6 Å². The van der Waals surface area contributed by atoms with Gasteiger partial charge in [-0.25, -0.2) is 9.78 Å². The van der Waals surface area contributed by atoms with Crippen LogP contribution in [0.1, 0.15) is 12.2 Å². The van der Waals surface area contributed by atoms with Crippen molar-refractivity contribution in [3.05, 3.63) is 18.2 Å². The van der Waals surface area contributed by atoms with Crippen molar-refractivity contribution in [2.45, 2.75) is 13.0 Å². The van der Waals surface area contributed by atoms with Gasteiger partial charge in [0.15, 0.2) is 0 Å². The Bertz CT molecular complexity index is 457. The topological polar surface area (TPSA) is 87.5 Å². The second-order valence-electron chi connectivity index (χ2n) is 4.38. The summed E-state index contributed by atoms with van der Waals surface area (Å²) in [6.07, 6.45) is 3.99. The lowest BCUT2D eigenvalue weighted by molar-refractivity contribution is -0.141. The van der Waals surface area contributed by atoms with Crippen LogP contribution in [0.2, 0.25) is 0 Å². The van der Waals surface area contributed by atoms with Gasteiger partial charge in [-0.05, 0) is 6.42 Å². The number of rotatable bonds is 3. The number of hydrogen-bond donors (Lipinski definition) is 2. The summed E-state index contributed by atoms with van der Waals surface area (Å²) < 4.78 is 1.82. The Morgan fingerprint density at radius 3 is 2.94 bits per heavy atom. The number of urea groups is 1. The van der Waals surface area contributed by atoms with E-state index in [1.165, 1.54) is 4.90 Å². The van der Waals surface area contributed by atoms with Crippen LogP contribution in [0.5, 0.6) is 0 Å². The Kier molecular flexibility index (Phi) is 3.50. The molecule has 0 radical (unpaired) electrons. The molecule has 2 heterocycles. The van der Waals surface area contributed by atoms with Crippen LogP contribution in [0.4, 0.5) is 4.79 Å². The number of hydrogen-bond acceptors (Lipinski definition) is 3. The number of nitrogens with zero attached hydrogens (tertiary/aromatic N) is 3. The van der Waals surface area contributed by atoms with Gasteiger partial charge in [0.25, 0.3) is 0 Å². The van der Waals surface area contributed by atoms with Crippen LogP contribution >= 0.6 is 0 Å². The quantitative estimate of drug-likeness (QED) is 0.795. The Balaban J connectivity index is 1.83. The molecule has 0 aliphatic carbocycles. The number of amides is 2. The molecule has 0 aromatic carbocycles. The molecule has 2 amide bonds. The third-order valence-electron chi connectivity index (χ3n) is 3.14. The maximum atomic E-state index is 11.8. The van der Waals surface area contributed by atoms with Gasteiger partial charge in [-0.1, -0.05) is 0 Å². The molecule has 0 spiro atoms. The molecule has 1 aliphatic heterocycles. The van der Waals surface area contributed by atoms with Gasteiger partial charge in [-0.2, -0.15) is 0 Å². The van der Waals surface area contributed by atoms with Crippen molar-refractivity contribution in [2.75, 3.05) is 13.1 Å². The first kappa shape index (κ1) is 12.4. The summed E-state index contributed by atoms with van der Waals surface area (Å²) in [4.78, 5) is 28.2. The minimum atomic E-state index is -0.839. The van der Waals surface area contributed by atoms with Crippen LogP contribution in [0.3, 0.4) is 0 Å². The smallest absolute Gasteiger partial charge is 0.317 e. The highest BCUT2D eigenvalue weighted by Crippen LogP contribution is 2.16. The molecule has 0 bridgehead atoms. The number of aromatic nitrogens is 2. The number of carbonyl (C=O) groups is 2. The van der Waals surface area contributed by atoms with Gasteiger partial charge >= 0.3 is 12.0 Å². The highest BCUT2D eigenvalue weighted by Gasteiger charge is 2.30. The minimum Gasteiger partial charge on any atom is -0.481 e. The zero-order chi connectivity index (χ0) is 13.1. The van der Waals surface area contributed by atoms with E-state index in [2.05, 4.69) is 10.3 Å². The van der Waals surface area contributed by atoms with Gasteiger partial charge in [0.05, 0.1) is 12.5 Å². The van der Waals surface area contributed by atoms with E-state index in [0.717, 1.165) is 5.82 Å². The van der Waals surface area contributed by atoms with Gasteiger partial charge in [0.1, 0.15) is 5.82 Å². The SMILES string of the molecule is Cn1ccnc1CNC(=O)N1CCC(C(=O)O)C1. The third-order valence-corrected chi connectivity index (χ3v) is 3.14. The Hall–Kier alpha value is -2.05. The minimum absolute atomic E-state index is 0.234. The second-order valence-corrected chi connectivity index (χ2v) is 4.38. The van der Waals surface area contributed by atoms with E-state index < -0.39 is 11.9 Å². The van der Waals surface area contributed by atoms with Crippen LogP contribution in [-0.2, 0) is 18.4 Å². The molecular weight excluding hydrogens is 236 g/mol. The van der Waals surface area contributed by atoms with Crippen LogP contribution < -0.4 is 5.32 Å². The lowest BCUT2D eigenvalue weighted by Gasteiger charge is -2.16. The number of carboxylic acid groups (broad SMARTS) is 1. The first-order chi connectivity index (χ1) is 8.58. The van der Waals surface area contributed by atoms with Crippen LogP contribution in [0.15, 0.2) is 12.4 Å². The van der Waals surface area contributed by atoms with Gasteiger partial charge in [0, 0.05) is 32.5 Å². The van der Waals surface area contributed by atoms with Crippen molar-refractivity contribution in [1.29, 1.82) is 0 Å². The molecule has 1 atom stereocenters. The second kappa shape index (κ2) is 5.07. The highest BCUT2D eigenvalue weighted by atomic mass is 16.4. The summed E-state index contributed by atoms with van der Waals surface area (Å²) in [7, 11) is 1.85. The fraction of sp³-hybridized carbons (Fsp3) is 0.545. The lowest BCUT2D eigenvalue weighted by Crippen LogP contribution is -2.39. The zero-order valence-corrected chi connectivity index (χ0v) is 10.2. The van der Waals surface area contributed by atoms with Gasteiger partial charge in [0.2, 0.25) is 0 Å². The Labute approximate surface area is 104 Å². The summed E-state index contributed by atoms with van der Waals surface area (Å²) in [6.45, 7) is 1.11.